The average molecular weight is 534 g/mol. The molecule has 6 aromatic rings. The fraction of sp³-hybridized carbons (Fsp3) is 0.0625. The average Bonchev–Trinajstić information content (AvgIpc) is 2.89. The molecule has 0 aliphatic rings. The zero-order valence-corrected chi connectivity index (χ0v) is 24.1. The maximum atomic E-state index is 5.78. The van der Waals surface area contributed by atoms with Gasteiger partial charge in [0.15, 0.2) is 0 Å². The first-order valence-electron chi connectivity index (χ1n) is 11.9. The first-order chi connectivity index (χ1) is 17.5. The maximum absolute atomic E-state index is 5.78. The zero-order valence-electron chi connectivity index (χ0n) is 21.1. The van der Waals surface area contributed by atoms with E-state index in [4.69, 9.17) is 11.5 Å². The summed E-state index contributed by atoms with van der Waals surface area (Å²) in [6.45, 7) is 4.17. The second-order valence-corrected chi connectivity index (χ2v) is 8.96. The van der Waals surface area contributed by atoms with Crippen LogP contribution in [0.1, 0.15) is 11.1 Å². The molecule has 4 aromatic carbocycles. The fourth-order valence-corrected chi connectivity index (χ4v) is 4.26. The van der Waals surface area contributed by atoms with E-state index in [0.717, 1.165) is 32.9 Å². The Balaban J connectivity index is 0.000000168. The van der Waals surface area contributed by atoms with Crippen LogP contribution in [0.15, 0.2) is 109 Å². The molecule has 0 fully saturated rings. The molecule has 0 aliphatic heterocycles. The zero-order chi connectivity index (χ0) is 25.1. The smallest absolute Gasteiger partial charge is 0.124 e. The summed E-state index contributed by atoms with van der Waals surface area (Å²) < 4.78 is 0. The van der Waals surface area contributed by atoms with Gasteiger partial charge >= 0.3 is 0 Å². The van der Waals surface area contributed by atoms with Crippen LogP contribution in [0, 0.1) is 13.8 Å². The third kappa shape index (κ3) is 5.85. The molecule has 4 N–H and O–H groups in total. The van der Waals surface area contributed by atoms with E-state index in [0.29, 0.717) is 11.6 Å². The fourth-order valence-electron chi connectivity index (χ4n) is 4.26. The van der Waals surface area contributed by atoms with Crippen molar-refractivity contribution in [2.75, 3.05) is 11.5 Å². The van der Waals surface area contributed by atoms with E-state index in [1.165, 1.54) is 22.3 Å². The van der Waals surface area contributed by atoms with Crippen LogP contribution in [0.25, 0.3) is 44.1 Å². The molecule has 0 bridgehead atoms. The van der Waals surface area contributed by atoms with Crippen LogP contribution in [0.4, 0.5) is 11.6 Å². The molecule has 2 heterocycles. The third-order valence-corrected chi connectivity index (χ3v) is 6.21. The Morgan fingerprint density at radius 2 is 0.838 bits per heavy atom. The van der Waals surface area contributed by atoms with Gasteiger partial charge in [-0.15, -0.1) is 0 Å². The van der Waals surface area contributed by atoms with Crippen molar-refractivity contribution in [2.24, 2.45) is 0 Å². The van der Waals surface area contributed by atoms with Crippen LogP contribution in [-0.4, -0.2) is 9.97 Å². The molecule has 4 nitrogen and oxygen atoms in total. The molecular formula is C32H28N4Zn. The van der Waals surface area contributed by atoms with Gasteiger partial charge in [-0.25, -0.2) is 9.97 Å². The predicted molar refractivity (Wildman–Crippen MR) is 153 cm³/mol. The van der Waals surface area contributed by atoms with Crippen LogP contribution in [-0.2, 0) is 19.5 Å². The van der Waals surface area contributed by atoms with Gasteiger partial charge in [0, 0.05) is 41.4 Å². The Morgan fingerprint density at radius 3 is 1.22 bits per heavy atom. The predicted octanol–water partition coefficient (Wildman–Crippen LogP) is 7.58. The van der Waals surface area contributed by atoms with Crippen LogP contribution in [0.2, 0.25) is 0 Å². The summed E-state index contributed by atoms with van der Waals surface area (Å²) in [5.41, 5.74) is 20.6. The van der Waals surface area contributed by atoms with E-state index in [1.807, 2.05) is 24.3 Å². The van der Waals surface area contributed by atoms with Crippen LogP contribution >= 0.6 is 0 Å². The van der Waals surface area contributed by atoms with Crippen molar-refractivity contribution in [1.29, 1.82) is 0 Å². The SMILES string of the molecule is Cc1ccc(-c2cccc3ccc(N)nc23)cc1.Cc1ccc(-c2cccc3ccc(N)nc23)cc1.[Zn]. The standard InChI is InChI=1S/2C16H14N2.Zn/c2*1-11-5-7-12(8-6-11)14-4-2-3-13-9-10-15(17)18-16(13)14;/h2*2-10H,1H3,(H2,17,18);. The minimum Gasteiger partial charge on any atom is -0.384 e. The Morgan fingerprint density at radius 1 is 0.459 bits per heavy atom. The molecule has 178 valence electrons. The number of fused-ring (bicyclic) bond motifs is 2. The number of anilines is 2. The number of aryl methyl sites for hydroxylation is 2. The molecule has 5 heteroatoms. The summed E-state index contributed by atoms with van der Waals surface area (Å²) >= 11 is 0. The molecular weight excluding hydrogens is 506 g/mol. The second kappa shape index (κ2) is 11.3. The Bertz CT molecular complexity index is 1530. The number of rotatable bonds is 2. The van der Waals surface area contributed by atoms with Gasteiger partial charge in [-0.2, -0.15) is 0 Å². The number of nitrogens with zero attached hydrogens (tertiary/aromatic N) is 2. The minimum absolute atomic E-state index is 0. The minimum atomic E-state index is 0. The normalized spacial score (nSPS) is 10.4. The second-order valence-electron chi connectivity index (χ2n) is 8.96. The van der Waals surface area contributed by atoms with Gasteiger partial charge in [0.05, 0.1) is 11.0 Å². The Hall–Kier alpha value is -4.08. The van der Waals surface area contributed by atoms with Crippen molar-refractivity contribution in [3.8, 4) is 22.3 Å². The molecule has 0 saturated carbocycles. The number of nitrogens with two attached hydrogens (primary N) is 2. The van der Waals surface area contributed by atoms with Crippen LogP contribution in [0.3, 0.4) is 0 Å². The number of aromatic nitrogens is 2. The van der Waals surface area contributed by atoms with Gasteiger partial charge in [0.25, 0.3) is 0 Å². The summed E-state index contributed by atoms with van der Waals surface area (Å²) in [5, 5.41) is 2.23. The van der Waals surface area contributed by atoms with Crippen LogP contribution in [0.5, 0.6) is 0 Å². The van der Waals surface area contributed by atoms with Crippen molar-refractivity contribution in [1.82, 2.24) is 9.97 Å². The molecule has 0 aliphatic carbocycles. The summed E-state index contributed by atoms with van der Waals surface area (Å²) in [7, 11) is 0. The van der Waals surface area contributed by atoms with Crippen molar-refractivity contribution >= 4 is 33.4 Å². The largest absolute Gasteiger partial charge is 0.384 e. The first kappa shape index (κ1) is 26.0. The van der Waals surface area contributed by atoms with E-state index in [-0.39, 0.29) is 19.5 Å². The number of pyridine rings is 2. The maximum Gasteiger partial charge on any atom is 0.124 e. The van der Waals surface area contributed by atoms with Crippen molar-refractivity contribution in [2.45, 2.75) is 13.8 Å². The molecule has 6 rings (SSSR count). The monoisotopic (exact) mass is 532 g/mol. The molecule has 0 radical (unpaired) electrons. The van der Waals surface area contributed by atoms with Gasteiger partial charge in [0.2, 0.25) is 0 Å². The Kier molecular flexibility index (Phi) is 7.96. The molecule has 0 amide bonds. The Labute approximate surface area is 230 Å². The number of benzene rings is 4. The molecule has 0 saturated heterocycles. The van der Waals surface area contributed by atoms with Gasteiger partial charge in [-0.05, 0) is 49.2 Å². The number of hydrogen-bond acceptors (Lipinski definition) is 4. The molecule has 2 aromatic heterocycles. The van der Waals surface area contributed by atoms with Crippen LogP contribution < -0.4 is 11.5 Å². The van der Waals surface area contributed by atoms with Gasteiger partial charge in [-0.1, -0.05) is 96.1 Å². The molecule has 0 atom stereocenters. The third-order valence-electron chi connectivity index (χ3n) is 6.21. The van der Waals surface area contributed by atoms with Gasteiger partial charge < -0.3 is 11.5 Å². The van der Waals surface area contributed by atoms with E-state index >= 15 is 0 Å². The van der Waals surface area contributed by atoms with Gasteiger partial charge in [-0.3, -0.25) is 0 Å². The first-order valence-corrected chi connectivity index (χ1v) is 11.9. The van der Waals surface area contributed by atoms with E-state index in [9.17, 15) is 0 Å². The van der Waals surface area contributed by atoms with Crippen molar-refractivity contribution in [3.05, 3.63) is 120 Å². The number of nitrogen functional groups attached to an aromatic ring is 2. The molecule has 37 heavy (non-hydrogen) atoms. The van der Waals surface area contributed by atoms with Gasteiger partial charge in [0.1, 0.15) is 11.6 Å². The molecule has 0 spiro atoms. The summed E-state index contributed by atoms with van der Waals surface area (Å²) in [5.74, 6) is 1.11. The topological polar surface area (TPSA) is 77.8 Å². The van der Waals surface area contributed by atoms with E-state index in [2.05, 4.69) is 109 Å². The van der Waals surface area contributed by atoms with E-state index < -0.39 is 0 Å². The molecule has 0 unspecified atom stereocenters. The van der Waals surface area contributed by atoms with Crippen molar-refractivity contribution < 1.29 is 19.5 Å². The summed E-state index contributed by atoms with van der Waals surface area (Å²) in [4.78, 5) is 8.90. The quantitative estimate of drug-likeness (QED) is 0.225. The summed E-state index contributed by atoms with van der Waals surface area (Å²) in [6.07, 6.45) is 0. The summed E-state index contributed by atoms with van der Waals surface area (Å²) in [6, 6.07) is 37.0. The van der Waals surface area contributed by atoms with Crippen molar-refractivity contribution in [3.63, 3.8) is 0 Å². The number of hydrogen-bond donors (Lipinski definition) is 2. The van der Waals surface area contributed by atoms with E-state index in [1.54, 1.807) is 0 Å². The number of para-hydroxylation sites is 2.